The van der Waals surface area contributed by atoms with Crippen molar-refractivity contribution in [2.75, 3.05) is 12.4 Å². The van der Waals surface area contributed by atoms with E-state index < -0.39 is 0 Å². The Bertz CT molecular complexity index is 613. The van der Waals surface area contributed by atoms with Crippen LogP contribution in [-0.2, 0) is 5.75 Å². The number of halogens is 1. The molecule has 0 unspecified atom stereocenters. The molecule has 0 aliphatic carbocycles. The molecule has 2 aromatic carbocycles. The summed E-state index contributed by atoms with van der Waals surface area (Å²) in [6.45, 7) is 2.46. The number of para-hydroxylation sites is 1. The molecule has 2 nitrogen and oxygen atoms in total. The Morgan fingerprint density at radius 2 is 1.86 bits per heavy atom. The molecule has 0 aromatic heterocycles. The predicted molar refractivity (Wildman–Crippen MR) is 89.6 cm³/mol. The predicted octanol–water partition coefficient (Wildman–Crippen LogP) is 4.85. The van der Waals surface area contributed by atoms with Gasteiger partial charge in [0.05, 0.1) is 17.9 Å². The summed E-state index contributed by atoms with van der Waals surface area (Å²) in [6.07, 6.45) is 0. The summed E-state index contributed by atoms with van der Waals surface area (Å²) < 4.78 is 5.49. The molecule has 21 heavy (non-hydrogen) atoms. The molecule has 0 atom stereocenters. The van der Waals surface area contributed by atoms with Gasteiger partial charge in [-0.05, 0) is 30.7 Å². The standard InChI is InChI=1S/C17H17ClO2S/c1-2-20-17-10-6-4-8-14(17)16(19)12-21-11-13-7-3-5-9-15(13)18/h3-10H,2,11-12H2,1H3. The van der Waals surface area contributed by atoms with Gasteiger partial charge in [0.2, 0.25) is 0 Å². The van der Waals surface area contributed by atoms with Gasteiger partial charge in [-0.15, -0.1) is 11.8 Å². The third kappa shape index (κ3) is 4.51. The molecule has 0 aliphatic heterocycles. The van der Waals surface area contributed by atoms with Crippen molar-refractivity contribution in [3.63, 3.8) is 0 Å². The topological polar surface area (TPSA) is 26.3 Å². The number of hydrogen-bond acceptors (Lipinski definition) is 3. The Morgan fingerprint density at radius 1 is 1.14 bits per heavy atom. The van der Waals surface area contributed by atoms with Gasteiger partial charge in [-0.25, -0.2) is 0 Å². The molecule has 0 saturated carbocycles. The van der Waals surface area contributed by atoms with Crippen LogP contribution in [0.2, 0.25) is 5.02 Å². The summed E-state index contributed by atoms with van der Waals surface area (Å²) >= 11 is 7.67. The van der Waals surface area contributed by atoms with Crippen molar-refractivity contribution in [2.24, 2.45) is 0 Å². The van der Waals surface area contributed by atoms with E-state index in [1.54, 1.807) is 11.8 Å². The smallest absolute Gasteiger partial charge is 0.176 e. The van der Waals surface area contributed by atoms with Crippen LogP contribution in [-0.4, -0.2) is 18.1 Å². The third-order valence-electron chi connectivity index (χ3n) is 2.94. The van der Waals surface area contributed by atoms with Crippen LogP contribution in [0.3, 0.4) is 0 Å². The fourth-order valence-corrected chi connectivity index (χ4v) is 3.12. The van der Waals surface area contributed by atoms with Crippen molar-refractivity contribution in [1.29, 1.82) is 0 Å². The van der Waals surface area contributed by atoms with E-state index in [1.165, 1.54) is 0 Å². The Hall–Kier alpha value is -1.45. The molecule has 0 amide bonds. The first-order valence-electron chi connectivity index (χ1n) is 6.78. The van der Waals surface area contributed by atoms with Crippen LogP contribution in [0, 0.1) is 0 Å². The maximum Gasteiger partial charge on any atom is 0.176 e. The van der Waals surface area contributed by atoms with Crippen LogP contribution < -0.4 is 4.74 Å². The molecule has 2 aromatic rings. The van der Waals surface area contributed by atoms with Crippen LogP contribution >= 0.6 is 23.4 Å². The van der Waals surface area contributed by atoms with Crippen LogP contribution in [0.5, 0.6) is 5.75 Å². The minimum Gasteiger partial charge on any atom is -0.493 e. The molecule has 0 radical (unpaired) electrons. The lowest BCUT2D eigenvalue weighted by atomic mass is 10.1. The number of benzene rings is 2. The lowest BCUT2D eigenvalue weighted by Crippen LogP contribution is -2.06. The SMILES string of the molecule is CCOc1ccccc1C(=O)CSCc1ccccc1Cl. The maximum atomic E-state index is 12.3. The van der Waals surface area contributed by atoms with Crippen molar-refractivity contribution >= 4 is 29.1 Å². The number of hydrogen-bond donors (Lipinski definition) is 0. The van der Waals surface area contributed by atoms with Gasteiger partial charge in [0, 0.05) is 10.8 Å². The lowest BCUT2D eigenvalue weighted by molar-refractivity contribution is 0.101. The highest BCUT2D eigenvalue weighted by Gasteiger charge is 2.12. The minimum absolute atomic E-state index is 0.0797. The van der Waals surface area contributed by atoms with Crippen LogP contribution in [0.15, 0.2) is 48.5 Å². The fourth-order valence-electron chi connectivity index (χ4n) is 1.93. The van der Waals surface area contributed by atoms with Crippen LogP contribution in [0.4, 0.5) is 0 Å². The first-order chi connectivity index (χ1) is 10.2. The van der Waals surface area contributed by atoms with Crippen molar-refractivity contribution in [2.45, 2.75) is 12.7 Å². The third-order valence-corrected chi connectivity index (χ3v) is 4.29. The molecule has 110 valence electrons. The van der Waals surface area contributed by atoms with E-state index in [0.717, 1.165) is 16.3 Å². The van der Waals surface area contributed by atoms with Crippen LogP contribution in [0.1, 0.15) is 22.8 Å². The van der Waals surface area contributed by atoms with E-state index in [-0.39, 0.29) is 5.78 Å². The van der Waals surface area contributed by atoms with E-state index in [4.69, 9.17) is 16.3 Å². The van der Waals surface area contributed by atoms with Gasteiger partial charge in [-0.3, -0.25) is 4.79 Å². The number of carbonyl (C=O) groups excluding carboxylic acids is 1. The second kappa shape index (κ2) is 8.11. The summed E-state index contributed by atoms with van der Waals surface area (Å²) in [7, 11) is 0. The Kier molecular flexibility index (Phi) is 6.15. The van der Waals surface area contributed by atoms with E-state index >= 15 is 0 Å². The number of carbonyl (C=O) groups is 1. The van der Waals surface area contributed by atoms with Gasteiger partial charge >= 0.3 is 0 Å². The zero-order valence-electron chi connectivity index (χ0n) is 11.8. The average molecular weight is 321 g/mol. The van der Waals surface area contributed by atoms with Crippen molar-refractivity contribution in [3.05, 3.63) is 64.7 Å². The van der Waals surface area contributed by atoms with Gasteiger partial charge in [-0.2, -0.15) is 0 Å². The highest BCUT2D eigenvalue weighted by atomic mass is 35.5. The molecule has 0 heterocycles. The highest BCUT2D eigenvalue weighted by Crippen LogP contribution is 2.23. The zero-order valence-corrected chi connectivity index (χ0v) is 13.4. The Balaban J connectivity index is 1.95. The highest BCUT2D eigenvalue weighted by molar-refractivity contribution is 7.99. The summed E-state index contributed by atoms with van der Waals surface area (Å²) in [5.74, 6) is 1.87. The molecule has 0 saturated heterocycles. The van der Waals surface area contributed by atoms with E-state index in [2.05, 4.69) is 0 Å². The second-order valence-electron chi connectivity index (χ2n) is 4.44. The average Bonchev–Trinajstić information content (AvgIpc) is 2.50. The second-order valence-corrected chi connectivity index (χ2v) is 5.83. The summed E-state index contributed by atoms with van der Waals surface area (Å²) in [4.78, 5) is 12.3. The summed E-state index contributed by atoms with van der Waals surface area (Å²) in [5, 5.41) is 0.743. The van der Waals surface area contributed by atoms with Crippen molar-refractivity contribution < 1.29 is 9.53 Å². The van der Waals surface area contributed by atoms with E-state index in [9.17, 15) is 4.79 Å². The number of thioether (sulfide) groups is 1. The number of Topliss-reactive ketones (excluding diaryl/α,β-unsaturated/α-hetero) is 1. The first-order valence-corrected chi connectivity index (χ1v) is 8.31. The van der Waals surface area contributed by atoms with Gasteiger partial charge < -0.3 is 4.74 Å². The number of ketones is 1. The molecule has 0 bridgehead atoms. The molecular formula is C17H17ClO2S. The zero-order chi connectivity index (χ0) is 15.1. The van der Waals surface area contributed by atoms with E-state index in [0.29, 0.717) is 23.7 Å². The molecule has 4 heteroatoms. The van der Waals surface area contributed by atoms with Gasteiger partial charge in [0.15, 0.2) is 5.78 Å². The Labute approximate surface area is 134 Å². The minimum atomic E-state index is 0.0797. The van der Waals surface area contributed by atoms with Gasteiger partial charge in [0.25, 0.3) is 0 Å². The summed E-state index contributed by atoms with van der Waals surface area (Å²) in [6, 6.07) is 15.1. The van der Waals surface area contributed by atoms with Crippen LogP contribution in [0.25, 0.3) is 0 Å². The molecule has 0 N–H and O–H groups in total. The molecular weight excluding hydrogens is 304 g/mol. The molecule has 2 rings (SSSR count). The quantitative estimate of drug-likeness (QED) is 0.682. The maximum absolute atomic E-state index is 12.3. The molecule has 0 spiro atoms. The van der Waals surface area contributed by atoms with Crippen molar-refractivity contribution in [1.82, 2.24) is 0 Å². The lowest BCUT2D eigenvalue weighted by Gasteiger charge is -2.09. The van der Waals surface area contributed by atoms with Gasteiger partial charge in [-0.1, -0.05) is 41.9 Å². The van der Waals surface area contributed by atoms with Gasteiger partial charge in [0.1, 0.15) is 5.75 Å². The normalized spacial score (nSPS) is 10.4. The largest absolute Gasteiger partial charge is 0.493 e. The fraction of sp³-hybridized carbons (Fsp3) is 0.235. The number of ether oxygens (including phenoxy) is 1. The summed E-state index contributed by atoms with van der Waals surface area (Å²) in [5.41, 5.74) is 1.70. The van der Waals surface area contributed by atoms with Crippen molar-refractivity contribution in [3.8, 4) is 5.75 Å². The Morgan fingerprint density at radius 3 is 2.62 bits per heavy atom. The molecule has 0 fully saturated rings. The first kappa shape index (κ1) is 15.9. The monoisotopic (exact) mass is 320 g/mol. The van der Waals surface area contributed by atoms with E-state index in [1.807, 2.05) is 55.5 Å². The molecule has 0 aliphatic rings. The number of rotatable bonds is 7.